The molecule has 1 fully saturated rings. The Kier molecular flexibility index (Phi) is 5.56. The predicted molar refractivity (Wildman–Crippen MR) is 83.5 cm³/mol. The highest BCUT2D eigenvalue weighted by atomic mass is 16.3. The molecule has 1 saturated heterocycles. The monoisotopic (exact) mass is 291 g/mol. The van der Waals surface area contributed by atoms with Crippen LogP contribution in [0.2, 0.25) is 0 Å². The highest BCUT2D eigenvalue weighted by Crippen LogP contribution is 2.21. The Balaban J connectivity index is 1.99. The van der Waals surface area contributed by atoms with Gasteiger partial charge in [-0.3, -0.25) is 4.79 Å². The van der Waals surface area contributed by atoms with Crippen molar-refractivity contribution in [1.82, 2.24) is 10.3 Å². The third kappa shape index (κ3) is 4.43. The number of carbonyl (C=O) groups excluding carboxylic acids is 1. The van der Waals surface area contributed by atoms with Crippen LogP contribution < -0.4 is 10.2 Å². The maximum Gasteiger partial charge on any atom is 0.255 e. The van der Waals surface area contributed by atoms with Crippen molar-refractivity contribution in [2.24, 2.45) is 5.92 Å². The number of hydrogen-bond donors (Lipinski definition) is 2. The van der Waals surface area contributed by atoms with Crippen molar-refractivity contribution in [3.63, 3.8) is 0 Å². The molecule has 116 valence electrons. The molecule has 1 aliphatic rings. The van der Waals surface area contributed by atoms with Gasteiger partial charge in [-0.15, -0.1) is 0 Å². The molecule has 2 unspecified atom stereocenters. The third-order valence-corrected chi connectivity index (χ3v) is 3.79. The molecule has 2 rings (SSSR count). The van der Waals surface area contributed by atoms with Gasteiger partial charge in [-0.25, -0.2) is 4.98 Å². The first-order chi connectivity index (χ1) is 10.1. The van der Waals surface area contributed by atoms with E-state index in [1.807, 2.05) is 13.0 Å². The molecule has 1 aromatic rings. The topological polar surface area (TPSA) is 65.5 Å². The van der Waals surface area contributed by atoms with E-state index < -0.39 is 0 Å². The largest absolute Gasteiger partial charge is 0.393 e. The fraction of sp³-hybridized carbons (Fsp3) is 0.625. The van der Waals surface area contributed by atoms with Gasteiger partial charge in [0, 0.05) is 25.8 Å². The number of carbonyl (C=O) groups is 1. The van der Waals surface area contributed by atoms with Gasteiger partial charge >= 0.3 is 0 Å². The van der Waals surface area contributed by atoms with Gasteiger partial charge in [0.1, 0.15) is 5.82 Å². The maximum absolute atomic E-state index is 12.4. The number of amides is 1. The zero-order valence-corrected chi connectivity index (χ0v) is 12.9. The highest BCUT2D eigenvalue weighted by molar-refractivity contribution is 5.98. The Morgan fingerprint density at radius 3 is 2.81 bits per heavy atom. The van der Waals surface area contributed by atoms with E-state index in [0.29, 0.717) is 18.5 Å². The lowest BCUT2D eigenvalue weighted by atomic mass is 10.0. The number of aliphatic hydroxyl groups excluding tert-OH is 1. The van der Waals surface area contributed by atoms with Crippen molar-refractivity contribution >= 4 is 11.7 Å². The van der Waals surface area contributed by atoms with E-state index in [0.717, 1.165) is 31.7 Å². The van der Waals surface area contributed by atoms with Crippen molar-refractivity contribution in [2.45, 2.75) is 39.2 Å². The maximum atomic E-state index is 12.4. The van der Waals surface area contributed by atoms with E-state index in [2.05, 4.69) is 15.2 Å². The zero-order valence-electron chi connectivity index (χ0n) is 12.9. The molecule has 0 radical (unpaired) electrons. The molecule has 1 amide bonds. The average molecular weight is 291 g/mol. The highest BCUT2D eigenvalue weighted by Gasteiger charge is 2.20. The summed E-state index contributed by atoms with van der Waals surface area (Å²) in [7, 11) is 0. The fourth-order valence-electron chi connectivity index (χ4n) is 2.78. The number of rotatable bonds is 6. The van der Waals surface area contributed by atoms with E-state index in [1.54, 1.807) is 19.2 Å². The molecule has 1 aliphatic heterocycles. The van der Waals surface area contributed by atoms with Crippen LogP contribution in [0.25, 0.3) is 0 Å². The molecule has 0 saturated carbocycles. The average Bonchev–Trinajstić information content (AvgIpc) is 2.98. The van der Waals surface area contributed by atoms with Crippen molar-refractivity contribution in [3.05, 3.63) is 23.9 Å². The summed E-state index contributed by atoms with van der Waals surface area (Å²) in [5.41, 5.74) is 0.642. The van der Waals surface area contributed by atoms with Crippen LogP contribution in [-0.2, 0) is 0 Å². The summed E-state index contributed by atoms with van der Waals surface area (Å²) in [6.45, 7) is 6.30. The van der Waals surface area contributed by atoms with Crippen LogP contribution in [0, 0.1) is 5.92 Å². The van der Waals surface area contributed by atoms with Crippen LogP contribution in [0.3, 0.4) is 0 Å². The molecule has 0 aliphatic carbocycles. The number of aliphatic hydroxyl groups is 1. The van der Waals surface area contributed by atoms with Gasteiger partial charge in [-0.05, 0) is 44.2 Å². The number of nitrogens with one attached hydrogen (secondary N) is 1. The Labute approximate surface area is 126 Å². The molecular weight excluding hydrogens is 266 g/mol. The lowest BCUT2D eigenvalue weighted by Crippen LogP contribution is -2.31. The van der Waals surface area contributed by atoms with E-state index in [9.17, 15) is 9.90 Å². The summed E-state index contributed by atoms with van der Waals surface area (Å²) < 4.78 is 0. The Morgan fingerprint density at radius 1 is 1.43 bits per heavy atom. The second kappa shape index (κ2) is 7.41. The SMILES string of the molecule is CC(O)CC(C)CNC(=O)c1cccnc1N1CCCC1. The van der Waals surface area contributed by atoms with Gasteiger partial charge in [0.05, 0.1) is 11.7 Å². The van der Waals surface area contributed by atoms with Gasteiger partial charge in [-0.2, -0.15) is 0 Å². The van der Waals surface area contributed by atoms with Crippen molar-refractivity contribution in [1.29, 1.82) is 0 Å². The third-order valence-electron chi connectivity index (χ3n) is 3.79. The lowest BCUT2D eigenvalue weighted by Gasteiger charge is -2.20. The van der Waals surface area contributed by atoms with Crippen molar-refractivity contribution < 1.29 is 9.90 Å². The summed E-state index contributed by atoms with van der Waals surface area (Å²) in [5.74, 6) is 0.957. The summed E-state index contributed by atoms with van der Waals surface area (Å²) in [6.07, 6.45) is 4.40. The molecule has 2 N–H and O–H groups in total. The van der Waals surface area contributed by atoms with Gasteiger partial charge in [-0.1, -0.05) is 6.92 Å². The first-order valence-electron chi connectivity index (χ1n) is 7.74. The van der Waals surface area contributed by atoms with Gasteiger partial charge < -0.3 is 15.3 Å². The molecule has 0 bridgehead atoms. The van der Waals surface area contributed by atoms with E-state index in [4.69, 9.17) is 0 Å². The lowest BCUT2D eigenvalue weighted by molar-refractivity contribution is 0.0939. The van der Waals surface area contributed by atoms with Crippen LogP contribution in [0.15, 0.2) is 18.3 Å². The number of pyridine rings is 1. The number of nitrogens with zero attached hydrogens (tertiary/aromatic N) is 2. The minimum atomic E-state index is -0.338. The number of hydrogen-bond acceptors (Lipinski definition) is 4. The number of anilines is 1. The first-order valence-corrected chi connectivity index (χ1v) is 7.74. The summed E-state index contributed by atoms with van der Waals surface area (Å²) in [4.78, 5) is 18.9. The predicted octanol–water partition coefficient (Wildman–Crippen LogP) is 1.82. The van der Waals surface area contributed by atoms with E-state index >= 15 is 0 Å². The van der Waals surface area contributed by atoms with Gasteiger partial charge in [0.2, 0.25) is 0 Å². The molecular formula is C16H25N3O2. The second-order valence-electron chi connectivity index (χ2n) is 5.97. The molecule has 0 spiro atoms. The Bertz CT molecular complexity index is 470. The van der Waals surface area contributed by atoms with Crippen LogP contribution >= 0.6 is 0 Å². The summed E-state index contributed by atoms with van der Waals surface area (Å²) in [6, 6.07) is 3.63. The molecule has 5 heteroatoms. The minimum Gasteiger partial charge on any atom is -0.393 e. The second-order valence-corrected chi connectivity index (χ2v) is 5.97. The van der Waals surface area contributed by atoms with E-state index in [1.165, 1.54) is 0 Å². The van der Waals surface area contributed by atoms with Crippen molar-refractivity contribution in [3.8, 4) is 0 Å². The zero-order chi connectivity index (χ0) is 15.2. The van der Waals surface area contributed by atoms with Crippen LogP contribution in [0.4, 0.5) is 5.82 Å². The van der Waals surface area contributed by atoms with Gasteiger partial charge in [0.25, 0.3) is 5.91 Å². The molecule has 2 heterocycles. The van der Waals surface area contributed by atoms with Crippen LogP contribution in [0.5, 0.6) is 0 Å². The molecule has 21 heavy (non-hydrogen) atoms. The minimum absolute atomic E-state index is 0.0811. The van der Waals surface area contributed by atoms with E-state index in [-0.39, 0.29) is 17.9 Å². The number of aromatic nitrogens is 1. The fourth-order valence-corrected chi connectivity index (χ4v) is 2.78. The quantitative estimate of drug-likeness (QED) is 0.839. The molecule has 0 aromatic carbocycles. The molecule has 1 aromatic heterocycles. The Morgan fingerprint density at radius 2 is 2.14 bits per heavy atom. The standard InChI is InChI=1S/C16H25N3O2/c1-12(10-13(2)20)11-18-16(21)14-6-5-7-17-15(14)19-8-3-4-9-19/h5-7,12-13,20H,3-4,8-11H2,1-2H3,(H,18,21). The smallest absolute Gasteiger partial charge is 0.255 e. The van der Waals surface area contributed by atoms with Crippen LogP contribution in [-0.4, -0.2) is 41.7 Å². The first kappa shape index (κ1) is 15.8. The normalized spacial score (nSPS) is 17.6. The summed E-state index contributed by atoms with van der Waals surface area (Å²) in [5, 5.41) is 12.3. The summed E-state index contributed by atoms with van der Waals surface area (Å²) >= 11 is 0. The van der Waals surface area contributed by atoms with Gasteiger partial charge in [0.15, 0.2) is 0 Å². The van der Waals surface area contributed by atoms with Crippen LogP contribution in [0.1, 0.15) is 43.5 Å². The van der Waals surface area contributed by atoms with Crippen molar-refractivity contribution in [2.75, 3.05) is 24.5 Å². The molecule has 5 nitrogen and oxygen atoms in total. The Hall–Kier alpha value is -1.62. The molecule has 2 atom stereocenters.